The van der Waals surface area contributed by atoms with Gasteiger partial charge in [0.1, 0.15) is 5.82 Å². The Labute approximate surface area is 103 Å². The molecule has 0 aliphatic carbocycles. The molecule has 0 aromatic carbocycles. The number of thiophene rings is 1. The van der Waals surface area contributed by atoms with E-state index < -0.39 is 0 Å². The highest BCUT2D eigenvalue weighted by Crippen LogP contribution is 2.08. The first-order chi connectivity index (χ1) is 8.16. The molecule has 0 aliphatic heterocycles. The molecule has 2 rings (SSSR count). The Morgan fingerprint density at radius 1 is 1.59 bits per heavy atom. The summed E-state index contributed by atoms with van der Waals surface area (Å²) in [5.74, 6) is 0.912. The highest BCUT2D eigenvalue weighted by molar-refractivity contribution is 7.07. The first kappa shape index (κ1) is 11.8. The minimum absolute atomic E-state index is 0.198. The van der Waals surface area contributed by atoms with Crippen LogP contribution in [0.25, 0.3) is 0 Å². The maximum Gasteiger partial charge on any atom is 0.291 e. The second-order valence-electron chi connectivity index (χ2n) is 4.01. The Morgan fingerprint density at radius 2 is 2.41 bits per heavy atom. The molecule has 1 amide bonds. The molecule has 0 atom stereocenters. The average molecular weight is 250 g/mol. The predicted octanol–water partition coefficient (Wildman–Crippen LogP) is 1.92. The number of H-pyrrole nitrogens is 1. The van der Waals surface area contributed by atoms with Crippen LogP contribution in [0.2, 0.25) is 0 Å². The van der Waals surface area contributed by atoms with E-state index >= 15 is 0 Å². The smallest absolute Gasteiger partial charge is 0.291 e. The van der Waals surface area contributed by atoms with Gasteiger partial charge in [-0.1, -0.05) is 13.8 Å². The molecule has 0 fully saturated rings. The van der Waals surface area contributed by atoms with E-state index in [2.05, 4.69) is 20.5 Å². The first-order valence-corrected chi connectivity index (χ1v) is 6.32. The van der Waals surface area contributed by atoms with Crippen LogP contribution in [0, 0.1) is 0 Å². The SMILES string of the molecule is CC(C)c1nc(C(=O)NCc2ccsc2)n[nH]1. The number of rotatable bonds is 4. The van der Waals surface area contributed by atoms with Crippen molar-refractivity contribution in [3.05, 3.63) is 34.0 Å². The molecule has 2 aromatic heterocycles. The summed E-state index contributed by atoms with van der Waals surface area (Å²) in [5, 5.41) is 13.4. The Balaban J connectivity index is 1.95. The zero-order valence-electron chi connectivity index (χ0n) is 9.73. The van der Waals surface area contributed by atoms with Crippen molar-refractivity contribution in [2.75, 3.05) is 0 Å². The lowest BCUT2D eigenvalue weighted by atomic mass is 10.2. The number of amides is 1. The molecule has 0 aliphatic rings. The molecule has 0 saturated carbocycles. The summed E-state index contributed by atoms with van der Waals surface area (Å²) in [6, 6.07) is 1.97. The van der Waals surface area contributed by atoms with Crippen molar-refractivity contribution in [2.45, 2.75) is 26.3 Å². The molecular formula is C11H14N4OS. The monoisotopic (exact) mass is 250 g/mol. The van der Waals surface area contributed by atoms with E-state index in [0.29, 0.717) is 6.54 Å². The van der Waals surface area contributed by atoms with E-state index in [1.165, 1.54) is 0 Å². The van der Waals surface area contributed by atoms with Gasteiger partial charge in [0.15, 0.2) is 0 Å². The Morgan fingerprint density at radius 3 is 3.00 bits per heavy atom. The Bertz CT molecular complexity index is 489. The summed E-state index contributed by atoms with van der Waals surface area (Å²) < 4.78 is 0. The molecule has 6 heteroatoms. The number of hydrogen-bond acceptors (Lipinski definition) is 4. The summed E-state index contributed by atoms with van der Waals surface area (Å²) >= 11 is 1.61. The molecule has 0 unspecified atom stereocenters. The van der Waals surface area contributed by atoms with Crippen molar-refractivity contribution in [1.82, 2.24) is 20.5 Å². The van der Waals surface area contributed by atoms with Crippen LogP contribution in [-0.2, 0) is 6.54 Å². The Kier molecular flexibility index (Phi) is 3.53. The summed E-state index contributed by atoms with van der Waals surface area (Å²) in [5.41, 5.74) is 1.09. The molecule has 5 nitrogen and oxygen atoms in total. The van der Waals surface area contributed by atoms with Gasteiger partial charge in [-0.2, -0.15) is 11.3 Å². The van der Waals surface area contributed by atoms with Gasteiger partial charge in [0, 0.05) is 12.5 Å². The van der Waals surface area contributed by atoms with E-state index in [9.17, 15) is 4.79 Å². The molecule has 2 aromatic rings. The quantitative estimate of drug-likeness (QED) is 0.871. The van der Waals surface area contributed by atoms with Crippen LogP contribution < -0.4 is 5.32 Å². The third kappa shape index (κ3) is 2.91. The molecule has 2 N–H and O–H groups in total. The van der Waals surface area contributed by atoms with E-state index in [1.807, 2.05) is 30.7 Å². The molecule has 0 radical (unpaired) electrons. The second kappa shape index (κ2) is 5.09. The van der Waals surface area contributed by atoms with Gasteiger partial charge in [-0.25, -0.2) is 4.98 Å². The lowest BCUT2D eigenvalue weighted by Crippen LogP contribution is -2.23. The van der Waals surface area contributed by atoms with Crippen molar-refractivity contribution in [2.24, 2.45) is 0 Å². The van der Waals surface area contributed by atoms with Crippen molar-refractivity contribution < 1.29 is 4.79 Å². The number of aromatic nitrogens is 3. The molecule has 0 bridgehead atoms. The third-order valence-electron chi connectivity index (χ3n) is 2.29. The van der Waals surface area contributed by atoms with Crippen LogP contribution >= 0.6 is 11.3 Å². The second-order valence-corrected chi connectivity index (χ2v) is 4.79. The number of aromatic amines is 1. The fraction of sp³-hybridized carbons (Fsp3) is 0.364. The van der Waals surface area contributed by atoms with Gasteiger partial charge in [-0.05, 0) is 22.4 Å². The minimum atomic E-state index is -0.251. The summed E-state index contributed by atoms with van der Waals surface area (Å²) in [6.07, 6.45) is 0. The molecule has 0 saturated heterocycles. The normalized spacial score (nSPS) is 10.8. The molecule has 90 valence electrons. The van der Waals surface area contributed by atoms with Crippen LogP contribution in [-0.4, -0.2) is 21.1 Å². The summed E-state index contributed by atoms with van der Waals surface area (Å²) in [7, 11) is 0. The minimum Gasteiger partial charge on any atom is -0.345 e. The maximum atomic E-state index is 11.7. The predicted molar refractivity (Wildman–Crippen MR) is 66.0 cm³/mol. The van der Waals surface area contributed by atoms with Crippen LogP contribution in [0.3, 0.4) is 0 Å². The molecule has 2 heterocycles. The fourth-order valence-electron chi connectivity index (χ4n) is 1.29. The van der Waals surface area contributed by atoms with Crippen molar-refractivity contribution >= 4 is 17.2 Å². The van der Waals surface area contributed by atoms with Gasteiger partial charge < -0.3 is 5.32 Å². The number of hydrogen-bond donors (Lipinski definition) is 2. The highest BCUT2D eigenvalue weighted by Gasteiger charge is 2.13. The van der Waals surface area contributed by atoms with Gasteiger partial charge >= 0.3 is 0 Å². The first-order valence-electron chi connectivity index (χ1n) is 5.38. The van der Waals surface area contributed by atoms with Gasteiger partial charge in [0.25, 0.3) is 5.91 Å². The number of carbonyl (C=O) groups excluding carboxylic acids is 1. The standard InChI is InChI=1S/C11H14N4OS/c1-7(2)9-13-10(15-14-9)11(16)12-5-8-3-4-17-6-8/h3-4,6-7H,5H2,1-2H3,(H,12,16)(H,13,14,15). The van der Waals surface area contributed by atoms with Crippen molar-refractivity contribution in [3.8, 4) is 0 Å². The highest BCUT2D eigenvalue weighted by atomic mass is 32.1. The average Bonchev–Trinajstić information content (AvgIpc) is 2.96. The zero-order valence-corrected chi connectivity index (χ0v) is 10.5. The van der Waals surface area contributed by atoms with E-state index in [4.69, 9.17) is 0 Å². The van der Waals surface area contributed by atoms with Crippen LogP contribution in [0.15, 0.2) is 16.8 Å². The number of nitrogens with zero attached hydrogens (tertiary/aromatic N) is 2. The van der Waals surface area contributed by atoms with Crippen molar-refractivity contribution in [1.29, 1.82) is 0 Å². The summed E-state index contributed by atoms with van der Waals surface area (Å²) in [6.45, 7) is 4.50. The van der Waals surface area contributed by atoms with Gasteiger partial charge in [0.2, 0.25) is 5.82 Å². The number of nitrogens with one attached hydrogen (secondary N) is 2. The van der Waals surface area contributed by atoms with E-state index in [1.54, 1.807) is 11.3 Å². The molecule has 0 spiro atoms. The van der Waals surface area contributed by atoms with E-state index in [0.717, 1.165) is 11.4 Å². The lowest BCUT2D eigenvalue weighted by Gasteiger charge is -1.99. The largest absolute Gasteiger partial charge is 0.345 e. The Hall–Kier alpha value is -1.69. The van der Waals surface area contributed by atoms with E-state index in [-0.39, 0.29) is 17.6 Å². The van der Waals surface area contributed by atoms with Crippen LogP contribution in [0.5, 0.6) is 0 Å². The molecule has 17 heavy (non-hydrogen) atoms. The van der Waals surface area contributed by atoms with Gasteiger partial charge in [-0.3, -0.25) is 9.89 Å². The molecular weight excluding hydrogens is 236 g/mol. The van der Waals surface area contributed by atoms with Gasteiger partial charge in [0.05, 0.1) is 0 Å². The number of carbonyl (C=O) groups is 1. The van der Waals surface area contributed by atoms with Crippen LogP contribution in [0.4, 0.5) is 0 Å². The van der Waals surface area contributed by atoms with Crippen molar-refractivity contribution in [3.63, 3.8) is 0 Å². The topological polar surface area (TPSA) is 70.7 Å². The summed E-state index contributed by atoms with van der Waals surface area (Å²) in [4.78, 5) is 15.9. The maximum absolute atomic E-state index is 11.7. The third-order valence-corrected chi connectivity index (χ3v) is 3.02. The van der Waals surface area contributed by atoms with Crippen LogP contribution in [0.1, 0.15) is 41.8 Å². The lowest BCUT2D eigenvalue weighted by molar-refractivity contribution is 0.0941. The fourth-order valence-corrected chi connectivity index (χ4v) is 1.96. The zero-order chi connectivity index (χ0) is 12.3. The van der Waals surface area contributed by atoms with Gasteiger partial charge in [-0.15, -0.1) is 5.10 Å².